The molecule has 0 saturated carbocycles. The molecule has 0 unspecified atom stereocenters. The molecule has 17 heavy (non-hydrogen) atoms. The predicted octanol–water partition coefficient (Wildman–Crippen LogP) is 3.63. The van der Waals surface area contributed by atoms with E-state index in [9.17, 15) is 0 Å². The molecule has 0 bridgehead atoms. The van der Waals surface area contributed by atoms with E-state index >= 15 is 0 Å². The summed E-state index contributed by atoms with van der Waals surface area (Å²) in [6.07, 6.45) is 2.80. The molecule has 1 aromatic heterocycles. The van der Waals surface area contributed by atoms with E-state index in [1.54, 1.807) is 0 Å². The second-order valence-corrected chi connectivity index (χ2v) is 4.09. The molecular formula is C16H12N. The minimum absolute atomic E-state index is 0.888. The van der Waals surface area contributed by atoms with Gasteiger partial charge in [0.25, 0.3) is 0 Å². The number of hydrogen-bond donors (Lipinski definition) is 0. The van der Waals surface area contributed by atoms with Crippen LogP contribution >= 0.6 is 0 Å². The maximum atomic E-state index is 4.45. The zero-order valence-corrected chi connectivity index (χ0v) is 9.43. The highest BCUT2D eigenvalue weighted by Crippen LogP contribution is 2.14. The van der Waals surface area contributed by atoms with Crippen LogP contribution in [0.15, 0.2) is 60.8 Å². The van der Waals surface area contributed by atoms with Gasteiger partial charge in [-0.3, -0.25) is 4.98 Å². The van der Waals surface area contributed by atoms with Crippen molar-refractivity contribution in [1.82, 2.24) is 4.98 Å². The van der Waals surface area contributed by atoms with Gasteiger partial charge in [0.15, 0.2) is 0 Å². The fraction of sp³-hybridized carbons (Fsp3) is 0.0625. The normalized spacial score (nSPS) is 10.6. The van der Waals surface area contributed by atoms with Gasteiger partial charge >= 0.3 is 0 Å². The molecule has 0 aliphatic heterocycles. The molecule has 0 aliphatic rings. The minimum atomic E-state index is 0.888. The molecule has 3 aromatic rings. The Balaban J connectivity index is 1.96. The molecule has 1 radical (unpaired) electrons. The van der Waals surface area contributed by atoms with Gasteiger partial charge in [0.05, 0.1) is 5.52 Å². The van der Waals surface area contributed by atoms with E-state index in [1.807, 2.05) is 30.5 Å². The molecule has 0 amide bonds. The van der Waals surface area contributed by atoms with Crippen molar-refractivity contribution in [3.63, 3.8) is 0 Å². The zero-order chi connectivity index (χ0) is 11.5. The summed E-state index contributed by atoms with van der Waals surface area (Å²) >= 11 is 0. The van der Waals surface area contributed by atoms with E-state index in [0.29, 0.717) is 0 Å². The molecule has 0 saturated heterocycles. The topological polar surface area (TPSA) is 12.9 Å². The molecule has 0 aliphatic carbocycles. The van der Waals surface area contributed by atoms with Crippen LogP contribution in [-0.2, 0) is 6.42 Å². The first-order valence-corrected chi connectivity index (χ1v) is 5.72. The average molecular weight is 218 g/mol. The lowest BCUT2D eigenvalue weighted by Gasteiger charge is -2.02. The second kappa shape index (κ2) is 4.38. The SMILES string of the molecule is [c]1c(Cc2ccccc2)cnc2ccccc12. The number of benzene rings is 2. The Morgan fingerprint density at radius 3 is 2.53 bits per heavy atom. The first kappa shape index (κ1) is 10.0. The summed E-state index contributed by atoms with van der Waals surface area (Å²) in [6.45, 7) is 0. The van der Waals surface area contributed by atoms with Gasteiger partial charge in [-0.05, 0) is 29.7 Å². The highest BCUT2D eigenvalue weighted by Gasteiger charge is 1.99. The number of rotatable bonds is 2. The van der Waals surface area contributed by atoms with Crippen LogP contribution in [0.3, 0.4) is 0 Å². The monoisotopic (exact) mass is 218 g/mol. The van der Waals surface area contributed by atoms with Gasteiger partial charge in [-0.25, -0.2) is 0 Å². The van der Waals surface area contributed by atoms with Crippen molar-refractivity contribution in [2.45, 2.75) is 6.42 Å². The lowest BCUT2D eigenvalue weighted by Crippen LogP contribution is -1.90. The second-order valence-electron chi connectivity index (χ2n) is 4.09. The molecule has 81 valence electrons. The highest BCUT2D eigenvalue weighted by molar-refractivity contribution is 5.78. The Morgan fingerprint density at radius 2 is 1.65 bits per heavy atom. The number of hydrogen-bond acceptors (Lipinski definition) is 1. The maximum absolute atomic E-state index is 4.45. The summed E-state index contributed by atoms with van der Waals surface area (Å²) < 4.78 is 0. The first-order chi connectivity index (χ1) is 8.42. The van der Waals surface area contributed by atoms with Crippen molar-refractivity contribution < 1.29 is 0 Å². The van der Waals surface area contributed by atoms with Crippen LogP contribution in [0.4, 0.5) is 0 Å². The number of pyridine rings is 1. The number of aromatic nitrogens is 1. The number of nitrogens with zero attached hydrogens (tertiary/aromatic N) is 1. The molecule has 0 N–H and O–H groups in total. The summed E-state index contributed by atoms with van der Waals surface area (Å²) in [5.41, 5.74) is 3.43. The standard InChI is InChI=1S/C16H12N/c1-2-6-13(7-3-1)10-14-11-15-8-4-5-9-16(15)17-12-14/h1-9,12H,10H2. The minimum Gasteiger partial charge on any atom is -0.256 e. The van der Waals surface area contributed by atoms with E-state index in [2.05, 4.69) is 41.4 Å². The molecule has 1 heterocycles. The molecule has 1 heteroatoms. The largest absolute Gasteiger partial charge is 0.256 e. The van der Waals surface area contributed by atoms with Gasteiger partial charge in [0.1, 0.15) is 0 Å². The molecule has 2 aromatic carbocycles. The third-order valence-corrected chi connectivity index (χ3v) is 2.80. The summed E-state index contributed by atoms with van der Waals surface area (Å²) in [5.74, 6) is 0. The van der Waals surface area contributed by atoms with Gasteiger partial charge in [-0.2, -0.15) is 0 Å². The van der Waals surface area contributed by atoms with Crippen LogP contribution in [0.25, 0.3) is 10.9 Å². The van der Waals surface area contributed by atoms with Gasteiger partial charge in [0, 0.05) is 11.6 Å². The Kier molecular flexibility index (Phi) is 2.59. The summed E-state index contributed by atoms with van der Waals surface area (Å²) in [5, 5.41) is 1.08. The van der Waals surface area contributed by atoms with Crippen LogP contribution in [0, 0.1) is 6.07 Å². The molecule has 0 atom stereocenters. The van der Waals surface area contributed by atoms with E-state index in [4.69, 9.17) is 0 Å². The Morgan fingerprint density at radius 1 is 0.882 bits per heavy atom. The summed E-state index contributed by atoms with van der Waals surface area (Å²) in [6, 6.07) is 21.9. The van der Waals surface area contributed by atoms with Crippen molar-refractivity contribution >= 4 is 10.9 Å². The fourth-order valence-electron chi connectivity index (χ4n) is 1.95. The number of fused-ring (bicyclic) bond motifs is 1. The molecule has 0 fully saturated rings. The summed E-state index contributed by atoms with van der Waals surface area (Å²) in [4.78, 5) is 4.45. The zero-order valence-electron chi connectivity index (χ0n) is 9.43. The van der Waals surface area contributed by atoms with Crippen LogP contribution < -0.4 is 0 Å². The molecule has 0 spiro atoms. The van der Waals surface area contributed by atoms with E-state index in [-0.39, 0.29) is 0 Å². The van der Waals surface area contributed by atoms with E-state index in [0.717, 1.165) is 22.9 Å². The van der Waals surface area contributed by atoms with Crippen molar-refractivity contribution in [2.75, 3.05) is 0 Å². The smallest absolute Gasteiger partial charge is 0.0708 e. The first-order valence-electron chi connectivity index (χ1n) is 5.72. The van der Waals surface area contributed by atoms with Crippen molar-refractivity contribution in [3.05, 3.63) is 78.0 Å². The third-order valence-electron chi connectivity index (χ3n) is 2.80. The van der Waals surface area contributed by atoms with E-state index in [1.165, 1.54) is 5.56 Å². The maximum Gasteiger partial charge on any atom is 0.0708 e. The molecule has 3 rings (SSSR count). The van der Waals surface area contributed by atoms with Gasteiger partial charge in [-0.1, -0.05) is 48.5 Å². The number of para-hydroxylation sites is 1. The van der Waals surface area contributed by atoms with Crippen molar-refractivity contribution in [2.24, 2.45) is 0 Å². The average Bonchev–Trinajstić information content (AvgIpc) is 2.40. The van der Waals surface area contributed by atoms with Crippen molar-refractivity contribution in [3.8, 4) is 0 Å². The highest BCUT2D eigenvalue weighted by atomic mass is 14.6. The summed E-state index contributed by atoms with van der Waals surface area (Å²) in [7, 11) is 0. The lowest BCUT2D eigenvalue weighted by atomic mass is 10.1. The van der Waals surface area contributed by atoms with Crippen LogP contribution in [0.5, 0.6) is 0 Å². The van der Waals surface area contributed by atoms with Crippen LogP contribution in [-0.4, -0.2) is 4.98 Å². The Hall–Kier alpha value is -2.15. The lowest BCUT2D eigenvalue weighted by molar-refractivity contribution is 1.16. The van der Waals surface area contributed by atoms with Crippen LogP contribution in [0.2, 0.25) is 0 Å². The Labute approximate surface area is 101 Å². The Bertz CT molecular complexity index is 629. The van der Waals surface area contributed by atoms with Gasteiger partial charge in [0.2, 0.25) is 0 Å². The quantitative estimate of drug-likeness (QED) is 0.640. The predicted molar refractivity (Wildman–Crippen MR) is 69.8 cm³/mol. The third kappa shape index (κ3) is 2.18. The van der Waals surface area contributed by atoms with E-state index < -0.39 is 0 Å². The fourth-order valence-corrected chi connectivity index (χ4v) is 1.95. The van der Waals surface area contributed by atoms with Crippen LogP contribution in [0.1, 0.15) is 11.1 Å². The molecular weight excluding hydrogens is 206 g/mol. The molecule has 1 nitrogen and oxygen atoms in total. The van der Waals surface area contributed by atoms with Gasteiger partial charge < -0.3 is 0 Å². The van der Waals surface area contributed by atoms with Crippen molar-refractivity contribution in [1.29, 1.82) is 0 Å². The van der Waals surface area contributed by atoms with Gasteiger partial charge in [-0.15, -0.1) is 0 Å².